The maximum absolute atomic E-state index is 13.4. The van der Waals surface area contributed by atoms with Crippen molar-refractivity contribution in [1.29, 1.82) is 0 Å². The van der Waals surface area contributed by atoms with Crippen LogP contribution in [0.4, 0.5) is 9.18 Å². The van der Waals surface area contributed by atoms with Crippen molar-refractivity contribution in [2.75, 3.05) is 0 Å². The van der Waals surface area contributed by atoms with Gasteiger partial charge in [0.15, 0.2) is 0 Å². The Hall–Kier alpha value is -3.23. The Labute approximate surface area is 187 Å². The number of halogens is 3. The standard InChI is InChI=1S/C21H17Cl2FN4O3/c1-11-14(3-5-19(24)27-11)17-7-13(10-26-21(30)31)8-18(28-17)20(29)25-9-12-2-4-15(22)16(23)6-12/h2-8,26H,9-10H2,1H3,(H,25,29)(H,30,31). The fraction of sp³-hybridized carbons (Fsp3) is 0.143. The Morgan fingerprint density at radius 2 is 1.71 bits per heavy atom. The molecule has 31 heavy (non-hydrogen) atoms. The largest absolute Gasteiger partial charge is 0.465 e. The van der Waals surface area contributed by atoms with Gasteiger partial charge < -0.3 is 15.7 Å². The van der Waals surface area contributed by atoms with Crippen LogP contribution in [0.1, 0.15) is 27.3 Å². The number of nitrogens with zero attached hydrogens (tertiary/aromatic N) is 2. The molecule has 3 aromatic rings. The van der Waals surface area contributed by atoms with Gasteiger partial charge in [0.2, 0.25) is 5.95 Å². The van der Waals surface area contributed by atoms with E-state index in [4.69, 9.17) is 28.3 Å². The van der Waals surface area contributed by atoms with Crippen molar-refractivity contribution in [2.45, 2.75) is 20.0 Å². The summed E-state index contributed by atoms with van der Waals surface area (Å²) < 4.78 is 13.4. The predicted molar refractivity (Wildman–Crippen MR) is 115 cm³/mol. The van der Waals surface area contributed by atoms with Gasteiger partial charge in [0, 0.05) is 24.3 Å². The third-order valence-electron chi connectivity index (χ3n) is 4.33. The SMILES string of the molecule is Cc1nc(F)ccc1-c1cc(CNC(=O)O)cc(C(=O)NCc2ccc(Cl)c(Cl)c2)n1. The van der Waals surface area contributed by atoms with Crippen molar-refractivity contribution in [1.82, 2.24) is 20.6 Å². The summed E-state index contributed by atoms with van der Waals surface area (Å²) >= 11 is 11.9. The molecule has 0 spiro atoms. The molecule has 3 N–H and O–H groups in total. The molecule has 0 aliphatic rings. The van der Waals surface area contributed by atoms with Crippen molar-refractivity contribution in [2.24, 2.45) is 0 Å². The van der Waals surface area contributed by atoms with Crippen LogP contribution in [0.15, 0.2) is 42.5 Å². The molecule has 0 saturated heterocycles. The van der Waals surface area contributed by atoms with Gasteiger partial charge in [-0.1, -0.05) is 29.3 Å². The first kappa shape index (κ1) is 22.5. The van der Waals surface area contributed by atoms with Crippen molar-refractivity contribution < 1.29 is 19.1 Å². The lowest BCUT2D eigenvalue weighted by molar-refractivity contribution is 0.0946. The number of nitrogens with one attached hydrogen (secondary N) is 2. The van der Waals surface area contributed by atoms with E-state index in [9.17, 15) is 14.0 Å². The van der Waals surface area contributed by atoms with Gasteiger partial charge in [-0.2, -0.15) is 4.39 Å². The first-order chi connectivity index (χ1) is 14.7. The summed E-state index contributed by atoms with van der Waals surface area (Å²) in [7, 11) is 0. The zero-order valence-corrected chi connectivity index (χ0v) is 17.8. The van der Waals surface area contributed by atoms with E-state index in [-0.39, 0.29) is 18.8 Å². The van der Waals surface area contributed by atoms with Crippen LogP contribution >= 0.6 is 23.2 Å². The van der Waals surface area contributed by atoms with Crippen LogP contribution in [0, 0.1) is 12.9 Å². The molecular formula is C21H17Cl2FN4O3. The Kier molecular flexibility index (Phi) is 7.04. The van der Waals surface area contributed by atoms with E-state index < -0.39 is 17.9 Å². The van der Waals surface area contributed by atoms with E-state index in [1.807, 2.05) is 0 Å². The highest BCUT2D eigenvalue weighted by Gasteiger charge is 2.14. The van der Waals surface area contributed by atoms with Crippen LogP contribution in [0.2, 0.25) is 10.0 Å². The average Bonchev–Trinajstić information content (AvgIpc) is 2.72. The lowest BCUT2D eigenvalue weighted by Gasteiger charge is -2.11. The molecule has 0 fully saturated rings. The number of hydrogen-bond acceptors (Lipinski definition) is 4. The van der Waals surface area contributed by atoms with Crippen LogP contribution in [0.5, 0.6) is 0 Å². The molecule has 2 heterocycles. The summed E-state index contributed by atoms with van der Waals surface area (Å²) in [6, 6.07) is 10.8. The zero-order chi connectivity index (χ0) is 22.5. The summed E-state index contributed by atoms with van der Waals surface area (Å²) in [6.45, 7) is 1.76. The molecule has 2 aromatic heterocycles. The number of carbonyl (C=O) groups is 2. The minimum absolute atomic E-state index is 0.0361. The summed E-state index contributed by atoms with van der Waals surface area (Å²) in [6.07, 6.45) is -1.20. The maximum atomic E-state index is 13.4. The molecule has 2 amide bonds. The number of aromatic nitrogens is 2. The van der Waals surface area contributed by atoms with Gasteiger partial charge in [0.1, 0.15) is 5.69 Å². The number of rotatable bonds is 6. The molecular weight excluding hydrogens is 446 g/mol. The van der Waals surface area contributed by atoms with Crippen molar-refractivity contribution >= 4 is 35.2 Å². The quantitative estimate of drug-likeness (QED) is 0.464. The average molecular weight is 463 g/mol. The van der Waals surface area contributed by atoms with Gasteiger partial charge in [0.05, 0.1) is 15.7 Å². The second-order valence-corrected chi connectivity index (χ2v) is 7.42. The zero-order valence-electron chi connectivity index (χ0n) is 16.2. The molecule has 0 bridgehead atoms. The van der Waals surface area contributed by atoms with Crippen LogP contribution in [0.3, 0.4) is 0 Å². The van der Waals surface area contributed by atoms with Gasteiger partial charge in [-0.15, -0.1) is 0 Å². The molecule has 1 aromatic carbocycles. The van der Waals surface area contributed by atoms with Gasteiger partial charge in [-0.25, -0.2) is 14.8 Å². The van der Waals surface area contributed by atoms with Gasteiger partial charge in [0.25, 0.3) is 5.91 Å². The van der Waals surface area contributed by atoms with Crippen molar-refractivity contribution in [3.63, 3.8) is 0 Å². The van der Waals surface area contributed by atoms with E-state index in [2.05, 4.69) is 20.6 Å². The minimum atomic E-state index is -1.20. The Balaban J connectivity index is 1.89. The Morgan fingerprint density at radius 1 is 0.968 bits per heavy atom. The molecule has 160 valence electrons. The molecule has 0 radical (unpaired) electrons. The van der Waals surface area contributed by atoms with E-state index in [1.165, 1.54) is 18.2 Å². The summed E-state index contributed by atoms with van der Waals surface area (Å²) in [5.74, 6) is -1.11. The van der Waals surface area contributed by atoms with E-state index in [0.717, 1.165) is 5.56 Å². The molecule has 0 unspecified atom stereocenters. The van der Waals surface area contributed by atoms with Crippen LogP contribution in [-0.4, -0.2) is 27.1 Å². The van der Waals surface area contributed by atoms with Crippen LogP contribution < -0.4 is 10.6 Å². The van der Waals surface area contributed by atoms with Gasteiger partial charge in [-0.3, -0.25) is 4.79 Å². The summed E-state index contributed by atoms with van der Waals surface area (Å²) in [5.41, 5.74) is 2.61. The molecule has 10 heteroatoms. The van der Waals surface area contributed by atoms with Crippen LogP contribution in [-0.2, 0) is 13.1 Å². The lowest BCUT2D eigenvalue weighted by atomic mass is 10.1. The smallest absolute Gasteiger partial charge is 0.404 e. The molecule has 0 aliphatic heterocycles. The monoisotopic (exact) mass is 462 g/mol. The number of carbonyl (C=O) groups excluding carboxylic acids is 1. The predicted octanol–water partition coefficient (Wildman–Crippen LogP) is 4.60. The first-order valence-corrected chi connectivity index (χ1v) is 9.82. The second kappa shape index (κ2) is 9.72. The Bertz CT molecular complexity index is 1160. The molecule has 7 nitrogen and oxygen atoms in total. The van der Waals surface area contributed by atoms with Gasteiger partial charge >= 0.3 is 6.09 Å². The topological polar surface area (TPSA) is 104 Å². The third-order valence-corrected chi connectivity index (χ3v) is 5.07. The molecule has 0 atom stereocenters. The number of aryl methyl sites for hydroxylation is 1. The lowest BCUT2D eigenvalue weighted by Crippen LogP contribution is -2.25. The second-order valence-electron chi connectivity index (χ2n) is 6.60. The highest BCUT2D eigenvalue weighted by Crippen LogP contribution is 2.24. The van der Waals surface area contributed by atoms with E-state index in [1.54, 1.807) is 31.2 Å². The van der Waals surface area contributed by atoms with Crippen molar-refractivity contribution in [3.05, 3.63) is 81.0 Å². The third kappa shape index (κ3) is 5.90. The normalized spacial score (nSPS) is 10.6. The number of amides is 2. The fourth-order valence-electron chi connectivity index (χ4n) is 2.84. The first-order valence-electron chi connectivity index (χ1n) is 9.06. The number of pyridine rings is 2. The molecule has 0 aliphatic carbocycles. The summed E-state index contributed by atoms with van der Waals surface area (Å²) in [4.78, 5) is 31.8. The number of carboxylic acid groups (broad SMARTS) is 1. The fourth-order valence-corrected chi connectivity index (χ4v) is 3.17. The maximum Gasteiger partial charge on any atom is 0.404 e. The van der Waals surface area contributed by atoms with Crippen LogP contribution in [0.25, 0.3) is 11.3 Å². The van der Waals surface area contributed by atoms with Crippen molar-refractivity contribution in [3.8, 4) is 11.3 Å². The minimum Gasteiger partial charge on any atom is -0.465 e. The van der Waals surface area contributed by atoms with E-state index >= 15 is 0 Å². The highest BCUT2D eigenvalue weighted by atomic mass is 35.5. The number of hydrogen-bond donors (Lipinski definition) is 3. The highest BCUT2D eigenvalue weighted by molar-refractivity contribution is 6.42. The number of benzene rings is 1. The molecule has 0 saturated carbocycles. The van der Waals surface area contributed by atoms with Gasteiger partial charge in [-0.05, 0) is 54.4 Å². The summed E-state index contributed by atoms with van der Waals surface area (Å²) in [5, 5.41) is 14.7. The molecule has 3 rings (SSSR count). The van der Waals surface area contributed by atoms with E-state index in [0.29, 0.717) is 32.6 Å². The Morgan fingerprint density at radius 3 is 2.39 bits per heavy atom.